The number of nitrogens with one attached hydrogen (secondary N) is 2. The molecule has 6 heteroatoms. The van der Waals surface area contributed by atoms with E-state index in [4.69, 9.17) is 14.2 Å². The molecule has 33 heavy (non-hydrogen) atoms. The van der Waals surface area contributed by atoms with Gasteiger partial charge in [0.15, 0.2) is 11.5 Å². The van der Waals surface area contributed by atoms with Crippen LogP contribution >= 0.6 is 0 Å². The monoisotopic (exact) mass is 444 g/mol. The van der Waals surface area contributed by atoms with Gasteiger partial charge in [-0.1, -0.05) is 42.5 Å². The average molecular weight is 445 g/mol. The number of hydrogen-bond acceptors (Lipinski definition) is 4. The van der Waals surface area contributed by atoms with E-state index < -0.39 is 0 Å². The minimum absolute atomic E-state index is 0.172. The van der Waals surface area contributed by atoms with Crippen LogP contribution in [0.1, 0.15) is 34.3 Å². The number of amides is 1. The second-order valence-electron chi connectivity index (χ2n) is 7.56. The van der Waals surface area contributed by atoms with Crippen molar-refractivity contribution in [3.8, 4) is 17.2 Å². The molecule has 1 amide bonds. The molecule has 0 aliphatic rings. The Morgan fingerprint density at radius 2 is 1.67 bits per heavy atom. The Bertz CT molecular complexity index is 1250. The summed E-state index contributed by atoms with van der Waals surface area (Å²) in [5.74, 6) is 1.51. The minimum atomic E-state index is -0.189. The molecule has 0 saturated heterocycles. The van der Waals surface area contributed by atoms with Gasteiger partial charge in [0, 0.05) is 35.1 Å². The van der Waals surface area contributed by atoms with Crippen molar-refractivity contribution >= 4 is 16.8 Å². The van der Waals surface area contributed by atoms with E-state index in [2.05, 4.69) is 16.4 Å². The molecule has 1 unspecified atom stereocenters. The van der Waals surface area contributed by atoms with E-state index in [9.17, 15) is 4.79 Å². The van der Waals surface area contributed by atoms with Crippen molar-refractivity contribution in [2.45, 2.75) is 12.8 Å². The second kappa shape index (κ2) is 10.1. The minimum Gasteiger partial charge on any atom is -0.493 e. The maximum absolute atomic E-state index is 13.1. The van der Waals surface area contributed by atoms with Crippen LogP contribution in [-0.2, 0) is 0 Å². The fourth-order valence-electron chi connectivity index (χ4n) is 4.18. The predicted octanol–water partition coefficient (Wildman–Crippen LogP) is 5.15. The van der Waals surface area contributed by atoms with Gasteiger partial charge in [0.25, 0.3) is 5.91 Å². The van der Waals surface area contributed by atoms with Crippen molar-refractivity contribution < 1.29 is 19.0 Å². The molecule has 2 N–H and O–H groups in total. The summed E-state index contributed by atoms with van der Waals surface area (Å²) in [4.78, 5) is 16.5. The van der Waals surface area contributed by atoms with Crippen molar-refractivity contribution in [3.05, 3.63) is 89.6 Å². The topological polar surface area (TPSA) is 72.6 Å². The van der Waals surface area contributed by atoms with Crippen molar-refractivity contribution in [2.24, 2.45) is 0 Å². The Hall–Kier alpha value is -3.93. The third-order valence-corrected chi connectivity index (χ3v) is 5.70. The molecule has 1 heterocycles. The molecule has 0 saturated carbocycles. The Balaban J connectivity index is 1.73. The molecule has 0 fully saturated rings. The number of H-pyrrole nitrogens is 1. The molecule has 3 aromatic carbocycles. The van der Waals surface area contributed by atoms with Crippen molar-refractivity contribution in [2.75, 3.05) is 27.4 Å². The lowest BCUT2D eigenvalue weighted by atomic mass is 9.89. The van der Waals surface area contributed by atoms with Gasteiger partial charge in [0.05, 0.1) is 26.4 Å². The highest BCUT2D eigenvalue weighted by atomic mass is 16.5. The lowest BCUT2D eigenvalue weighted by Crippen LogP contribution is -2.29. The highest BCUT2D eigenvalue weighted by Crippen LogP contribution is 2.40. The van der Waals surface area contributed by atoms with Crippen LogP contribution in [0.15, 0.2) is 72.9 Å². The zero-order chi connectivity index (χ0) is 23.2. The number of fused-ring (bicyclic) bond motifs is 1. The molecule has 0 radical (unpaired) electrons. The number of rotatable bonds is 9. The third-order valence-electron chi connectivity index (χ3n) is 5.70. The fraction of sp³-hybridized carbons (Fsp3) is 0.222. The van der Waals surface area contributed by atoms with Crippen LogP contribution in [0, 0.1) is 0 Å². The van der Waals surface area contributed by atoms with Gasteiger partial charge in [-0.25, -0.2) is 0 Å². The smallest absolute Gasteiger partial charge is 0.255 e. The molecule has 6 nitrogen and oxygen atoms in total. The highest BCUT2D eigenvalue weighted by molar-refractivity contribution is 5.97. The number of aromatic nitrogens is 1. The van der Waals surface area contributed by atoms with Gasteiger partial charge < -0.3 is 24.5 Å². The van der Waals surface area contributed by atoms with E-state index in [0.717, 1.165) is 22.0 Å². The number of aromatic amines is 1. The summed E-state index contributed by atoms with van der Waals surface area (Å²) in [6.45, 7) is 2.75. The predicted molar refractivity (Wildman–Crippen MR) is 130 cm³/mol. The number of benzene rings is 3. The van der Waals surface area contributed by atoms with Gasteiger partial charge in [-0.15, -0.1) is 0 Å². The van der Waals surface area contributed by atoms with E-state index >= 15 is 0 Å². The van der Waals surface area contributed by atoms with Crippen molar-refractivity contribution in [3.63, 3.8) is 0 Å². The van der Waals surface area contributed by atoms with E-state index in [1.54, 1.807) is 26.4 Å². The fourth-order valence-corrected chi connectivity index (χ4v) is 4.18. The Kier molecular flexibility index (Phi) is 6.83. The SMILES string of the molecule is CCOc1ccccc1C(=O)NCC(c1cccc(OC)c1OC)c1c[nH]c2ccccc12. The third kappa shape index (κ3) is 4.51. The van der Waals surface area contributed by atoms with Crippen molar-refractivity contribution in [1.29, 1.82) is 0 Å². The first-order valence-corrected chi connectivity index (χ1v) is 10.9. The van der Waals surface area contributed by atoms with E-state index in [1.807, 2.05) is 61.7 Å². The van der Waals surface area contributed by atoms with E-state index in [-0.39, 0.29) is 11.8 Å². The first-order chi connectivity index (χ1) is 16.2. The summed E-state index contributed by atoms with van der Waals surface area (Å²) in [5.41, 5.74) is 3.54. The first kappa shape index (κ1) is 22.3. The molecule has 170 valence electrons. The van der Waals surface area contributed by atoms with Gasteiger partial charge in [-0.3, -0.25) is 4.79 Å². The van der Waals surface area contributed by atoms with Crippen LogP contribution in [0.4, 0.5) is 0 Å². The number of methoxy groups -OCH3 is 2. The Morgan fingerprint density at radius 1 is 0.909 bits per heavy atom. The van der Waals surface area contributed by atoms with Gasteiger partial charge in [0.2, 0.25) is 0 Å². The van der Waals surface area contributed by atoms with Crippen LogP contribution < -0.4 is 19.5 Å². The van der Waals surface area contributed by atoms with Gasteiger partial charge in [-0.05, 0) is 36.8 Å². The van der Waals surface area contributed by atoms with Crippen LogP contribution in [0.3, 0.4) is 0 Å². The average Bonchev–Trinajstić information content (AvgIpc) is 3.28. The standard InChI is InChI=1S/C27H28N2O4/c1-4-33-24-14-8-6-11-20(24)27(30)29-17-22(19-12-9-15-25(31-2)26(19)32-3)21-16-28-23-13-7-5-10-18(21)23/h5-16,22,28H,4,17H2,1-3H3,(H,29,30). The summed E-state index contributed by atoms with van der Waals surface area (Å²) >= 11 is 0. The Labute approximate surface area is 193 Å². The molecule has 4 rings (SSSR count). The second-order valence-corrected chi connectivity index (χ2v) is 7.56. The molecule has 0 aliphatic carbocycles. The summed E-state index contributed by atoms with van der Waals surface area (Å²) < 4.78 is 16.9. The van der Waals surface area contributed by atoms with Crippen LogP contribution in [-0.4, -0.2) is 38.3 Å². The molecular weight excluding hydrogens is 416 g/mol. The van der Waals surface area contributed by atoms with E-state index in [1.165, 1.54) is 0 Å². The molecule has 0 aliphatic heterocycles. The zero-order valence-electron chi connectivity index (χ0n) is 19.1. The lowest BCUT2D eigenvalue weighted by molar-refractivity contribution is 0.0948. The summed E-state index contributed by atoms with van der Waals surface area (Å²) in [6.07, 6.45) is 1.99. The number of carbonyl (C=O) groups excluding carboxylic acids is 1. The molecule has 4 aromatic rings. The number of carbonyl (C=O) groups is 1. The van der Waals surface area contributed by atoms with Crippen molar-refractivity contribution in [1.82, 2.24) is 10.3 Å². The molecule has 1 atom stereocenters. The molecular formula is C27H28N2O4. The van der Waals surface area contributed by atoms with Gasteiger partial charge >= 0.3 is 0 Å². The van der Waals surface area contributed by atoms with E-state index in [0.29, 0.717) is 36.0 Å². The maximum Gasteiger partial charge on any atom is 0.255 e. The summed E-state index contributed by atoms with van der Waals surface area (Å²) in [6, 6.07) is 21.2. The van der Waals surface area contributed by atoms with Gasteiger partial charge in [0.1, 0.15) is 5.75 Å². The molecule has 0 bridgehead atoms. The maximum atomic E-state index is 13.1. The number of ether oxygens (including phenoxy) is 3. The van der Waals surface area contributed by atoms with Crippen LogP contribution in [0.25, 0.3) is 10.9 Å². The van der Waals surface area contributed by atoms with Crippen LogP contribution in [0.5, 0.6) is 17.2 Å². The number of para-hydroxylation sites is 3. The van der Waals surface area contributed by atoms with Crippen LogP contribution in [0.2, 0.25) is 0 Å². The zero-order valence-corrected chi connectivity index (χ0v) is 19.1. The molecule has 1 aromatic heterocycles. The lowest BCUT2D eigenvalue weighted by Gasteiger charge is -2.22. The number of hydrogen-bond donors (Lipinski definition) is 2. The summed E-state index contributed by atoms with van der Waals surface area (Å²) in [7, 11) is 3.25. The first-order valence-electron chi connectivity index (χ1n) is 10.9. The quantitative estimate of drug-likeness (QED) is 0.375. The Morgan fingerprint density at radius 3 is 2.45 bits per heavy atom. The highest BCUT2D eigenvalue weighted by Gasteiger charge is 2.25. The largest absolute Gasteiger partial charge is 0.493 e. The van der Waals surface area contributed by atoms with Gasteiger partial charge in [-0.2, -0.15) is 0 Å². The summed E-state index contributed by atoms with van der Waals surface area (Å²) in [5, 5.41) is 4.20. The molecule has 0 spiro atoms. The normalized spacial score (nSPS) is 11.7.